The van der Waals surface area contributed by atoms with Gasteiger partial charge in [-0.25, -0.2) is 9.97 Å². The number of anilines is 1. The van der Waals surface area contributed by atoms with Crippen molar-refractivity contribution >= 4 is 27.4 Å². The van der Waals surface area contributed by atoms with E-state index in [1.54, 1.807) is 11.3 Å². The number of aromatic nitrogens is 2. The second-order valence-electron chi connectivity index (χ2n) is 5.61. The molecular formula is C14H20N4S. The smallest absolute Gasteiger partial charge is 0.146 e. The highest BCUT2D eigenvalue weighted by Gasteiger charge is 2.23. The molecule has 5 heteroatoms. The lowest BCUT2D eigenvalue weighted by atomic mass is 9.93. The molecule has 0 spiro atoms. The lowest BCUT2D eigenvalue weighted by molar-refractivity contribution is 0.119. The van der Waals surface area contributed by atoms with Gasteiger partial charge in [0.2, 0.25) is 0 Å². The molecule has 2 unspecified atom stereocenters. The van der Waals surface area contributed by atoms with Gasteiger partial charge in [0.15, 0.2) is 0 Å². The maximum Gasteiger partial charge on any atom is 0.146 e. The zero-order valence-electron chi connectivity index (χ0n) is 11.5. The van der Waals surface area contributed by atoms with Crippen LogP contribution in [0.5, 0.6) is 0 Å². The van der Waals surface area contributed by atoms with Crippen molar-refractivity contribution in [1.29, 1.82) is 0 Å². The summed E-state index contributed by atoms with van der Waals surface area (Å²) in [5.41, 5.74) is 6.00. The molecule has 2 N–H and O–H groups in total. The number of nitrogens with zero attached hydrogens (tertiary/aromatic N) is 3. The van der Waals surface area contributed by atoms with Crippen LogP contribution in [-0.4, -0.2) is 27.5 Å². The SMILES string of the molecule is CC1CCN(Cc2nc(N)c3ccsc3n2)C(C)C1. The Morgan fingerprint density at radius 3 is 3.05 bits per heavy atom. The topological polar surface area (TPSA) is 55.0 Å². The van der Waals surface area contributed by atoms with E-state index in [9.17, 15) is 0 Å². The van der Waals surface area contributed by atoms with Gasteiger partial charge in [-0.1, -0.05) is 6.92 Å². The first-order valence-corrected chi connectivity index (χ1v) is 7.75. The molecule has 0 amide bonds. The van der Waals surface area contributed by atoms with Crippen molar-refractivity contribution in [2.45, 2.75) is 39.3 Å². The Morgan fingerprint density at radius 1 is 1.42 bits per heavy atom. The van der Waals surface area contributed by atoms with Crippen LogP contribution in [0.25, 0.3) is 10.2 Å². The summed E-state index contributed by atoms with van der Waals surface area (Å²) in [6, 6.07) is 2.59. The maximum absolute atomic E-state index is 6.00. The first-order chi connectivity index (χ1) is 9.13. The Balaban J connectivity index is 1.81. The fraction of sp³-hybridized carbons (Fsp3) is 0.571. The summed E-state index contributed by atoms with van der Waals surface area (Å²) in [5.74, 6) is 2.30. The van der Waals surface area contributed by atoms with Crippen molar-refractivity contribution in [1.82, 2.24) is 14.9 Å². The minimum Gasteiger partial charge on any atom is -0.383 e. The van der Waals surface area contributed by atoms with E-state index in [0.717, 1.165) is 35.0 Å². The van der Waals surface area contributed by atoms with Gasteiger partial charge in [-0.2, -0.15) is 0 Å². The number of likely N-dealkylation sites (tertiary alicyclic amines) is 1. The molecule has 3 rings (SSSR count). The summed E-state index contributed by atoms with van der Waals surface area (Å²) >= 11 is 1.63. The van der Waals surface area contributed by atoms with Crippen LogP contribution in [0.1, 0.15) is 32.5 Å². The molecular weight excluding hydrogens is 256 g/mol. The van der Waals surface area contributed by atoms with Crippen LogP contribution in [-0.2, 0) is 6.54 Å². The molecule has 0 bridgehead atoms. The summed E-state index contributed by atoms with van der Waals surface area (Å²) in [6.45, 7) is 6.57. The van der Waals surface area contributed by atoms with Gasteiger partial charge in [-0.05, 0) is 43.7 Å². The van der Waals surface area contributed by atoms with Crippen molar-refractivity contribution in [2.75, 3.05) is 12.3 Å². The van der Waals surface area contributed by atoms with E-state index >= 15 is 0 Å². The lowest BCUT2D eigenvalue weighted by Gasteiger charge is -2.35. The zero-order valence-corrected chi connectivity index (χ0v) is 12.3. The van der Waals surface area contributed by atoms with Crippen molar-refractivity contribution in [2.24, 2.45) is 5.92 Å². The Kier molecular flexibility index (Phi) is 3.41. The van der Waals surface area contributed by atoms with E-state index in [1.807, 2.05) is 11.4 Å². The average Bonchev–Trinajstić information content (AvgIpc) is 2.81. The van der Waals surface area contributed by atoms with E-state index in [2.05, 4.69) is 28.7 Å². The van der Waals surface area contributed by atoms with Gasteiger partial charge in [-0.15, -0.1) is 11.3 Å². The van der Waals surface area contributed by atoms with Gasteiger partial charge in [0.25, 0.3) is 0 Å². The number of hydrogen-bond donors (Lipinski definition) is 1. The third-order valence-corrected chi connectivity index (χ3v) is 4.83. The third kappa shape index (κ3) is 2.58. The van der Waals surface area contributed by atoms with E-state index in [1.165, 1.54) is 12.8 Å². The number of thiophene rings is 1. The standard InChI is InChI=1S/C14H20N4S/c1-9-3-5-18(10(2)7-9)8-12-16-13(15)11-4-6-19-14(11)17-12/h4,6,9-10H,3,5,7-8H2,1-2H3,(H2,15,16,17). The monoisotopic (exact) mass is 276 g/mol. The van der Waals surface area contributed by atoms with Gasteiger partial charge in [0.05, 0.1) is 11.9 Å². The van der Waals surface area contributed by atoms with Crippen LogP contribution in [0.3, 0.4) is 0 Å². The highest BCUT2D eigenvalue weighted by Crippen LogP contribution is 2.26. The maximum atomic E-state index is 6.00. The molecule has 19 heavy (non-hydrogen) atoms. The van der Waals surface area contributed by atoms with Crippen LogP contribution in [0, 0.1) is 5.92 Å². The first-order valence-electron chi connectivity index (χ1n) is 6.87. The zero-order chi connectivity index (χ0) is 13.4. The number of nitrogen functional groups attached to an aromatic ring is 1. The molecule has 4 nitrogen and oxygen atoms in total. The number of piperidine rings is 1. The average molecular weight is 276 g/mol. The van der Waals surface area contributed by atoms with Crippen LogP contribution in [0.15, 0.2) is 11.4 Å². The molecule has 2 atom stereocenters. The predicted molar refractivity (Wildman–Crippen MR) is 80.1 cm³/mol. The number of nitrogens with two attached hydrogens (primary N) is 1. The van der Waals surface area contributed by atoms with E-state index in [4.69, 9.17) is 5.73 Å². The van der Waals surface area contributed by atoms with Crippen LogP contribution >= 0.6 is 11.3 Å². The molecule has 1 aliphatic heterocycles. The van der Waals surface area contributed by atoms with Crippen molar-refractivity contribution < 1.29 is 0 Å². The van der Waals surface area contributed by atoms with Crippen LogP contribution in [0.2, 0.25) is 0 Å². The summed E-state index contributed by atoms with van der Waals surface area (Å²) < 4.78 is 0. The lowest BCUT2D eigenvalue weighted by Crippen LogP contribution is -2.39. The second kappa shape index (κ2) is 5.06. The summed E-state index contributed by atoms with van der Waals surface area (Å²) in [7, 11) is 0. The molecule has 102 valence electrons. The van der Waals surface area contributed by atoms with Gasteiger partial charge < -0.3 is 5.73 Å². The normalized spacial score (nSPS) is 24.9. The fourth-order valence-corrected chi connectivity index (χ4v) is 3.66. The quantitative estimate of drug-likeness (QED) is 0.916. The number of rotatable bonds is 2. The Hall–Kier alpha value is -1.20. The van der Waals surface area contributed by atoms with Crippen molar-refractivity contribution in [3.8, 4) is 0 Å². The summed E-state index contributed by atoms with van der Waals surface area (Å²) in [5, 5.41) is 3.00. The highest BCUT2D eigenvalue weighted by atomic mass is 32.1. The van der Waals surface area contributed by atoms with E-state index in [-0.39, 0.29) is 0 Å². The second-order valence-corrected chi connectivity index (χ2v) is 6.51. The van der Waals surface area contributed by atoms with Gasteiger partial charge in [0, 0.05) is 6.04 Å². The van der Waals surface area contributed by atoms with Crippen LogP contribution in [0.4, 0.5) is 5.82 Å². The van der Waals surface area contributed by atoms with Crippen molar-refractivity contribution in [3.63, 3.8) is 0 Å². The van der Waals surface area contributed by atoms with Crippen molar-refractivity contribution in [3.05, 3.63) is 17.3 Å². The molecule has 1 fully saturated rings. The van der Waals surface area contributed by atoms with Gasteiger partial charge in [0.1, 0.15) is 16.5 Å². The Bertz CT molecular complexity index is 580. The molecule has 0 radical (unpaired) electrons. The van der Waals surface area contributed by atoms with Gasteiger partial charge in [-0.3, -0.25) is 4.90 Å². The fourth-order valence-electron chi connectivity index (χ4n) is 2.87. The molecule has 2 aromatic heterocycles. The molecule has 0 aromatic carbocycles. The molecule has 2 aromatic rings. The third-order valence-electron chi connectivity index (χ3n) is 4.02. The van der Waals surface area contributed by atoms with E-state index in [0.29, 0.717) is 11.9 Å². The number of hydrogen-bond acceptors (Lipinski definition) is 5. The van der Waals surface area contributed by atoms with Gasteiger partial charge >= 0.3 is 0 Å². The minimum absolute atomic E-state index is 0.604. The minimum atomic E-state index is 0.604. The molecule has 1 saturated heterocycles. The Morgan fingerprint density at radius 2 is 2.26 bits per heavy atom. The largest absolute Gasteiger partial charge is 0.383 e. The highest BCUT2D eigenvalue weighted by molar-refractivity contribution is 7.16. The number of fused-ring (bicyclic) bond motifs is 1. The predicted octanol–water partition coefficient (Wildman–Crippen LogP) is 2.89. The summed E-state index contributed by atoms with van der Waals surface area (Å²) in [4.78, 5) is 12.5. The molecule has 1 aliphatic rings. The Labute approximate surface area is 117 Å². The van der Waals surface area contributed by atoms with E-state index < -0.39 is 0 Å². The summed E-state index contributed by atoms with van der Waals surface area (Å²) in [6.07, 6.45) is 2.53. The molecule has 0 saturated carbocycles. The molecule has 0 aliphatic carbocycles. The molecule has 3 heterocycles. The van der Waals surface area contributed by atoms with Crippen LogP contribution < -0.4 is 5.73 Å². The first kappa shape index (κ1) is 12.8.